The summed E-state index contributed by atoms with van der Waals surface area (Å²) >= 11 is 0. The number of rotatable bonds is 7. The van der Waals surface area contributed by atoms with E-state index < -0.39 is 11.9 Å². The Labute approximate surface area is 158 Å². The fraction of sp³-hybridized carbons (Fsp3) is 0.364. The summed E-state index contributed by atoms with van der Waals surface area (Å²) in [5, 5.41) is 19.1. The quantitative estimate of drug-likeness (QED) is 0.722. The lowest BCUT2D eigenvalue weighted by molar-refractivity contribution is 0.0684. The summed E-state index contributed by atoms with van der Waals surface area (Å²) in [6, 6.07) is 8.71. The normalized spacial score (nSPS) is 13.7. The van der Waals surface area contributed by atoms with Crippen molar-refractivity contribution in [2.24, 2.45) is 0 Å². The van der Waals surface area contributed by atoms with Crippen molar-refractivity contribution in [3.05, 3.63) is 52.6 Å². The first kappa shape index (κ1) is 19.0. The van der Waals surface area contributed by atoms with E-state index in [-0.39, 0.29) is 16.5 Å². The summed E-state index contributed by atoms with van der Waals surface area (Å²) in [5.41, 5.74) is 3.85. The molecule has 0 saturated carbocycles. The van der Waals surface area contributed by atoms with E-state index in [1.165, 1.54) is 7.11 Å². The monoisotopic (exact) mass is 368 g/mol. The molecule has 2 N–H and O–H groups in total. The first-order valence-corrected chi connectivity index (χ1v) is 9.23. The van der Waals surface area contributed by atoms with E-state index in [0.29, 0.717) is 5.75 Å². The van der Waals surface area contributed by atoms with Gasteiger partial charge in [-0.3, -0.25) is 0 Å². The van der Waals surface area contributed by atoms with Crippen LogP contribution in [0.15, 0.2) is 30.3 Å². The highest BCUT2D eigenvalue weighted by molar-refractivity contribution is 5.96. The minimum absolute atomic E-state index is 0.138. The van der Waals surface area contributed by atoms with Gasteiger partial charge in [-0.2, -0.15) is 0 Å². The minimum atomic E-state index is -1.03. The fourth-order valence-electron chi connectivity index (χ4n) is 4.50. The molecule has 0 unspecified atom stereocenters. The van der Waals surface area contributed by atoms with Crippen molar-refractivity contribution in [2.45, 2.75) is 44.9 Å². The van der Waals surface area contributed by atoms with Crippen LogP contribution in [0.25, 0.3) is 11.1 Å². The number of ether oxygens (including phenoxy) is 1. The van der Waals surface area contributed by atoms with Crippen LogP contribution in [-0.2, 0) is 5.41 Å². The lowest BCUT2D eigenvalue weighted by atomic mass is 9.71. The summed E-state index contributed by atoms with van der Waals surface area (Å²) < 4.78 is 5.32. The van der Waals surface area contributed by atoms with Crippen LogP contribution in [0, 0.1) is 0 Å². The minimum Gasteiger partial charge on any atom is -0.496 e. The maximum absolute atomic E-state index is 11.8. The second kappa shape index (κ2) is 7.06. The number of hydrogen-bond acceptors (Lipinski definition) is 3. The summed E-state index contributed by atoms with van der Waals surface area (Å²) in [4.78, 5) is 23.3. The molecule has 1 aliphatic rings. The topological polar surface area (TPSA) is 83.8 Å². The zero-order valence-electron chi connectivity index (χ0n) is 15.8. The van der Waals surface area contributed by atoms with E-state index in [1.807, 2.05) is 6.07 Å². The molecule has 0 heterocycles. The first-order valence-electron chi connectivity index (χ1n) is 9.23. The van der Waals surface area contributed by atoms with Gasteiger partial charge in [-0.1, -0.05) is 32.8 Å². The maximum Gasteiger partial charge on any atom is 0.339 e. The standard InChI is InChI=1S/C22H24O5/c1-4-8-22(9-5-2)17-10-13(20(23)24)6-7-14(17)15-12-19(27-3)16(21(25)26)11-18(15)22/h6-7,10-12H,4-5,8-9H2,1-3H3,(H,23,24)(H,25,26). The van der Waals surface area contributed by atoms with E-state index >= 15 is 0 Å². The SMILES string of the molecule is CCCC1(CCC)c2cc(C(=O)O)ccc2-c2cc(OC)c(C(=O)O)cc21. The van der Waals surface area contributed by atoms with Crippen LogP contribution < -0.4 is 4.74 Å². The number of carbonyl (C=O) groups is 2. The van der Waals surface area contributed by atoms with Gasteiger partial charge in [0.2, 0.25) is 0 Å². The molecule has 0 spiro atoms. The van der Waals surface area contributed by atoms with Gasteiger partial charge in [0.1, 0.15) is 11.3 Å². The second-order valence-electron chi connectivity index (χ2n) is 7.05. The smallest absolute Gasteiger partial charge is 0.339 e. The van der Waals surface area contributed by atoms with Crippen LogP contribution in [0.4, 0.5) is 0 Å². The average Bonchev–Trinajstić information content (AvgIpc) is 2.90. The Kier molecular flexibility index (Phi) is 4.96. The molecule has 0 saturated heterocycles. The van der Waals surface area contributed by atoms with Gasteiger partial charge in [0.15, 0.2) is 0 Å². The predicted octanol–water partition coefficient (Wildman–Crippen LogP) is 4.96. The van der Waals surface area contributed by atoms with Crippen LogP contribution in [-0.4, -0.2) is 29.3 Å². The van der Waals surface area contributed by atoms with Gasteiger partial charge in [0.25, 0.3) is 0 Å². The van der Waals surface area contributed by atoms with Crippen LogP contribution in [0.1, 0.15) is 71.4 Å². The van der Waals surface area contributed by atoms with Crippen molar-refractivity contribution in [1.29, 1.82) is 0 Å². The van der Waals surface area contributed by atoms with Crippen molar-refractivity contribution in [3.8, 4) is 16.9 Å². The van der Waals surface area contributed by atoms with E-state index in [1.54, 1.807) is 24.3 Å². The number of carboxylic acid groups (broad SMARTS) is 2. The third-order valence-corrected chi connectivity index (χ3v) is 5.51. The molecular formula is C22H24O5. The molecule has 0 atom stereocenters. The van der Waals surface area contributed by atoms with Gasteiger partial charge in [-0.25, -0.2) is 9.59 Å². The Morgan fingerprint density at radius 2 is 1.56 bits per heavy atom. The zero-order chi connectivity index (χ0) is 19.8. The van der Waals surface area contributed by atoms with Crippen molar-refractivity contribution < 1.29 is 24.5 Å². The molecule has 0 radical (unpaired) electrons. The van der Waals surface area contributed by atoms with Gasteiger partial charge in [-0.05, 0) is 59.4 Å². The number of hydrogen-bond donors (Lipinski definition) is 2. The third kappa shape index (κ3) is 2.87. The van der Waals surface area contributed by atoms with Crippen molar-refractivity contribution >= 4 is 11.9 Å². The number of fused-ring (bicyclic) bond motifs is 3. The number of methoxy groups -OCH3 is 1. The van der Waals surface area contributed by atoms with Gasteiger partial charge < -0.3 is 14.9 Å². The third-order valence-electron chi connectivity index (χ3n) is 5.51. The summed E-state index contributed by atoms with van der Waals surface area (Å²) in [7, 11) is 1.46. The molecule has 5 heteroatoms. The van der Waals surface area contributed by atoms with E-state index in [2.05, 4.69) is 13.8 Å². The van der Waals surface area contributed by atoms with Crippen LogP contribution >= 0.6 is 0 Å². The highest BCUT2D eigenvalue weighted by Crippen LogP contribution is 2.55. The molecule has 27 heavy (non-hydrogen) atoms. The second-order valence-corrected chi connectivity index (χ2v) is 7.05. The van der Waals surface area contributed by atoms with Gasteiger partial charge in [-0.15, -0.1) is 0 Å². The van der Waals surface area contributed by atoms with Crippen molar-refractivity contribution in [1.82, 2.24) is 0 Å². The lowest BCUT2D eigenvalue weighted by Gasteiger charge is -2.32. The molecule has 5 nitrogen and oxygen atoms in total. The Bertz CT molecular complexity index is 907. The van der Waals surface area contributed by atoms with Gasteiger partial charge >= 0.3 is 11.9 Å². The fourth-order valence-corrected chi connectivity index (χ4v) is 4.50. The van der Waals surface area contributed by atoms with E-state index in [9.17, 15) is 19.8 Å². The van der Waals surface area contributed by atoms with Crippen LogP contribution in [0.3, 0.4) is 0 Å². The summed E-state index contributed by atoms with van der Waals surface area (Å²) in [6.45, 7) is 4.19. The zero-order valence-corrected chi connectivity index (χ0v) is 15.8. The van der Waals surface area contributed by atoms with E-state index in [0.717, 1.165) is 47.9 Å². The molecule has 0 aromatic heterocycles. The molecule has 0 fully saturated rings. The van der Waals surface area contributed by atoms with Crippen molar-refractivity contribution in [2.75, 3.05) is 7.11 Å². The summed E-state index contributed by atoms with van der Waals surface area (Å²) in [5.74, 6) is -1.67. The molecule has 0 amide bonds. The number of aromatic carboxylic acids is 2. The Morgan fingerprint density at radius 3 is 2.07 bits per heavy atom. The Balaban J connectivity index is 2.38. The average molecular weight is 368 g/mol. The predicted molar refractivity (Wildman–Crippen MR) is 103 cm³/mol. The largest absolute Gasteiger partial charge is 0.496 e. The molecule has 0 aliphatic heterocycles. The Hall–Kier alpha value is -2.82. The first-order chi connectivity index (χ1) is 12.9. The number of carboxylic acids is 2. The molecule has 0 bridgehead atoms. The molecule has 2 aromatic carbocycles. The highest BCUT2D eigenvalue weighted by atomic mass is 16.5. The maximum atomic E-state index is 11.8. The van der Waals surface area contributed by atoms with Crippen LogP contribution in [0.5, 0.6) is 5.75 Å². The van der Waals surface area contributed by atoms with Crippen molar-refractivity contribution in [3.63, 3.8) is 0 Å². The molecule has 1 aliphatic carbocycles. The molecule has 142 valence electrons. The number of benzene rings is 2. The van der Waals surface area contributed by atoms with Gasteiger partial charge in [0.05, 0.1) is 12.7 Å². The highest BCUT2D eigenvalue weighted by Gasteiger charge is 2.43. The molecular weight excluding hydrogens is 344 g/mol. The van der Waals surface area contributed by atoms with Gasteiger partial charge in [0, 0.05) is 5.41 Å². The Morgan fingerprint density at radius 1 is 0.926 bits per heavy atom. The molecule has 3 rings (SSSR count). The van der Waals surface area contributed by atoms with Crippen LogP contribution in [0.2, 0.25) is 0 Å². The summed E-state index contributed by atoms with van der Waals surface area (Å²) in [6.07, 6.45) is 3.47. The lowest BCUT2D eigenvalue weighted by Crippen LogP contribution is -2.25. The van der Waals surface area contributed by atoms with E-state index in [4.69, 9.17) is 4.74 Å². The molecule has 2 aromatic rings.